The molecule has 0 amide bonds. The number of nitrogens with zero attached hydrogens (tertiary/aromatic N) is 2. The van der Waals surface area contributed by atoms with Crippen LogP contribution >= 0.6 is 11.3 Å². The molecule has 4 rings (SSSR count). The first kappa shape index (κ1) is 19.4. The van der Waals surface area contributed by atoms with E-state index in [2.05, 4.69) is 15.3 Å². The number of nitrogens with two attached hydrogens (primary N) is 1. The molecule has 0 spiro atoms. The van der Waals surface area contributed by atoms with Gasteiger partial charge in [0.05, 0.1) is 16.1 Å². The average Bonchev–Trinajstić information content (AvgIpc) is 3.16. The van der Waals surface area contributed by atoms with Crippen LogP contribution < -0.4 is 11.1 Å². The second kappa shape index (κ2) is 7.81. The number of fused-ring (bicyclic) bond motifs is 1. The van der Waals surface area contributed by atoms with E-state index in [4.69, 9.17) is 5.73 Å². The van der Waals surface area contributed by atoms with E-state index in [1.54, 1.807) is 6.07 Å². The van der Waals surface area contributed by atoms with E-state index in [1.807, 2.05) is 36.4 Å². The van der Waals surface area contributed by atoms with Crippen LogP contribution in [0.2, 0.25) is 0 Å². The lowest BCUT2D eigenvalue weighted by molar-refractivity contribution is -0.137. The lowest BCUT2D eigenvalue weighted by Gasteiger charge is -2.13. The Hall–Kier alpha value is -2.97. The van der Waals surface area contributed by atoms with Gasteiger partial charge in [-0.2, -0.15) is 13.2 Å². The lowest BCUT2D eigenvalue weighted by Crippen LogP contribution is -2.20. The Morgan fingerprint density at radius 1 is 1.00 bits per heavy atom. The molecule has 0 saturated carbocycles. The molecule has 0 radical (unpaired) electrons. The van der Waals surface area contributed by atoms with Crippen molar-refractivity contribution in [2.75, 3.05) is 11.9 Å². The highest BCUT2D eigenvalue weighted by molar-refractivity contribution is 7.22. The van der Waals surface area contributed by atoms with E-state index in [0.717, 1.165) is 21.9 Å². The van der Waals surface area contributed by atoms with Crippen LogP contribution in [0, 0.1) is 0 Å². The van der Waals surface area contributed by atoms with E-state index < -0.39 is 11.7 Å². The highest BCUT2D eigenvalue weighted by Gasteiger charge is 2.30. The predicted molar refractivity (Wildman–Crippen MR) is 110 cm³/mol. The molecule has 3 N–H and O–H groups in total. The molecule has 0 aliphatic carbocycles. The molecule has 8 heteroatoms. The number of anilines is 1. The summed E-state index contributed by atoms with van der Waals surface area (Å²) >= 11 is 1.27. The van der Waals surface area contributed by atoms with E-state index in [9.17, 15) is 13.2 Å². The Bertz CT molecular complexity index is 1130. The summed E-state index contributed by atoms with van der Waals surface area (Å²) in [5.74, 6) is 0.606. The van der Waals surface area contributed by atoms with Crippen molar-refractivity contribution < 1.29 is 13.2 Å². The summed E-state index contributed by atoms with van der Waals surface area (Å²) in [6, 6.07) is 16.9. The van der Waals surface area contributed by atoms with E-state index in [0.29, 0.717) is 22.8 Å². The van der Waals surface area contributed by atoms with Crippen molar-refractivity contribution in [3.8, 4) is 10.6 Å². The van der Waals surface area contributed by atoms with Gasteiger partial charge >= 0.3 is 6.18 Å². The molecule has 2 aromatic heterocycles. The second-order valence-electron chi connectivity index (χ2n) is 6.55. The quantitative estimate of drug-likeness (QED) is 0.453. The number of hydrogen-bond donors (Lipinski definition) is 2. The number of benzene rings is 2. The zero-order valence-electron chi connectivity index (χ0n) is 15.1. The maximum atomic E-state index is 12.9. The number of halogens is 3. The molecule has 4 nitrogen and oxygen atoms in total. The third-order valence-electron chi connectivity index (χ3n) is 4.50. The van der Waals surface area contributed by atoms with E-state index >= 15 is 0 Å². The third-order valence-corrected chi connectivity index (χ3v) is 5.62. The van der Waals surface area contributed by atoms with Crippen LogP contribution in [0.4, 0.5) is 19.0 Å². The van der Waals surface area contributed by atoms with Gasteiger partial charge < -0.3 is 11.1 Å². The molecule has 0 fully saturated rings. The van der Waals surface area contributed by atoms with Crippen LogP contribution in [0.1, 0.15) is 17.2 Å². The molecule has 2 aromatic carbocycles. The lowest BCUT2D eigenvalue weighted by atomic mass is 10.1. The SMILES string of the molecule is NC(CNc1cc(-c2cc3ccc(C(F)(F)F)cc3s2)ncn1)c1ccccc1. The zero-order chi connectivity index (χ0) is 20.4. The monoisotopic (exact) mass is 414 g/mol. The van der Waals surface area contributed by atoms with Crippen LogP contribution in [-0.2, 0) is 6.18 Å². The Kier molecular flexibility index (Phi) is 5.21. The summed E-state index contributed by atoms with van der Waals surface area (Å²) in [5.41, 5.74) is 7.20. The summed E-state index contributed by atoms with van der Waals surface area (Å²) in [6.07, 6.45) is -2.93. The Labute approximate surface area is 169 Å². The van der Waals surface area contributed by atoms with Gasteiger partial charge in [-0.05, 0) is 29.1 Å². The Morgan fingerprint density at radius 2 is 1.79 bits per heavy atom. The molecular weight excluding hydrogens is 397 g/mol. The smallest absolute Gasteiger partial charge is 0.368 e. The van der Waals surface area contributed by atoms with Crippen molar-refractivity contribution >= 4 is 27.2 Å². The fourth-order valence-electron chi connectivity index (χ4n) is 2.96. The van der Waals surface area contributed by atoms with Crippen LogP contribution in [0.25, 0.3) is 20.7 Å². The fraction of sp³-hybridized carbons (Fsp3) is 0.143. The molecule has 0 aliphatic heterocycles. The summed E-state index contributed by atoms with van der Waals surface area (Å²) in [6.45, 7) is 0.488. The molecule has 2 heterocycles. The van der Waals surface area contributed by atoms with Crippen molar-refractivity contribution in [3.05, 3.63) is 78.1 Å². The van der Waals surface area contributed by atoms with Gasteiger partial charge in [0, 0.05) is 23.4 Å². The summed E-state index contributed by atoms with van der Waals surface area (Å²) in [4.78, 5) is 9.25. The second-order valence-corrected chi connectivity index (χ2v) is 7.63. The van der Waals surface area contributed by atoms with Gasteiger partial charge in [-0.25, -0.2) is 9.97 Å². The fourth-order valence-corrected chi connectivity index (χ4v) is 4.02. The van der Waals surface area contributed by atoms with Crippen molar-refractivity contribution in [3.63, 3.8) is 0 Å². The molecule has 4 aromatic rings. The first-order chi connectivity index (χ1) is 13.9. The molecule has 0 bridgehead atoms. The van der Waals surface area contributed by atoms with Crippen molar-refractivity contribution in [2.24, 2.45) is 5.73 Å². The van der Waals surface area contributed by atoms with Crippen LogP contribution in [0.15, 0.2) is 67.0 Å². The van der Waals surface area contributed by atoms with Crippen molar-refractivity contribution in [1.82, 2.24) is 9.97 Å². The van der Waals surface area contributed by atoms with Gasteiger partial charge in [0.1, 0.15) is 12.1 Å². The summed E-state index contributed by atoms with van der Waals surface area (Å²) in [7, 11) is 0. The summed E-state index contributed by atoms with van der Waals surface area (Å²) < 4.78 is 39.4. The highest BCUT2D eigenvalue weighted by Crippen LogP contribution is 2.37. The number of hydrogen-bond acceptors (Lipinski definition) is 5. The van der Waals surface area contributed by atoms with Crippen LogP contribution in [-0.4, -0.2) is 16.5 Å². The number of rotatable bonds is 5. The molecule has 1 unspecified atom stereocenters. The number of aromatic nitrogens is 2. The van der Waals surface area contributed by atoms with Crippen LogP contribution in [0.5, 0.6) is 0 Å². The predicted octanol–water partition coefficient (Wildman–Crippen LogP) is 5.49. The molecule has 29 heavy (non-hydrogen) atoms. The first-order valence-electron chi connectivity index (χ1n) is 8.88. The maximum absolute atomic E-state index is 12.9. The van der Waals surface area contributed by atoms with Gasteiger partial charge in [-0.3, -0.25) is 0 Å². The van der Waals surface area contributed by atoms with Crippen molar-refractivity contribution in [1.29, 1.82) is 0 Å². The minimum Gasteiger partial charge on any atom is -0.368 e. The van der Waals surface area contributed by atoms with Crippen molar-refractivity contribution in [2.45, 2.75) is 12.2 Å². The number of thiophene rings is 1. The highest BCUT2D eigenvalue weighted by atomic mass is 32.1. The largest absolute Gasteiger partial charge is 0.416 e. The zero-order valence-corrected chi connectivity index (χ0v) is 16.0. The third kappa shape index (κ3) is 4.38. The molecular formula is C21H17F3N4S. The first-order valence-corrected chi connectivity index (χ1v) is 9.69. The Balaban J connectivity index is 1.54. The van der Waals surface area contributed by atoms with Gasteiger partial charge in [0.25, 0.3) is 0 Å². The number of alkyl halides is 3. The summed E-state index contributed by atoms with van der Waals surface area (Å²) in [5, 5.41) is 3.94. The topological polar surface area (TPSA) is 63.8 Å². The maximum Gasteiger partial charge on any atom is 0.416 e. The normalized spacial score (nSPS) is 12.8. The van der Waals surface area contributed by atoms with Gasteiger partial charge in [-0.1, -0.05) is 36.4 Å². The average molecular weight is 414 g/mol. The van der Waals surface area contributed by atoms with Gasteiger partial charge in [-0.15, -0.1) is 11.3 Å². The van der Waals surface area contributed by atoms with E-state index in [-0.39, 0.29) is 6.04 Å². The molecule has 0 saturated heterocycles. The molecule has 148 valence electrons. The number of nitrogens with one attached hydrogen (secondary N) is 1. The van der Waals surface area contributed by atoms with Gasteiger partial charge in [0.15, 0.2) is 0 Å². The molecule has 0 aliphatic rings. The minimum atomic E-state index is -4.36. The van der Waals surface area contributed by atoms with Crippen LogP contribution in [0.3, 0.4) is 0 Å². The van der Waals surface area contributed by atoms with E-state index in [1.165, 1.54) is 29.8 Å². The minimum absolute atomic E-state index is 0.195. The van der Waals surface area contributed by atoms with Gasteiger partial charge in [0.2, 0.25) is 0 Å². The molecule has 1 atom stereocenters. The standard InChI is InChI=1S/C21H17F3N4S/c22-21(23,24)15-7-6-14-8-19(29-18(14)9-15)17-10-20(28-12-27-17)26-11-16(25)13-4-2-1-3-5-13/h1-10,12,16H,11,25H2,(H,26,27,28). The Morgan fingerprint density at radius 3 is 2.55 bits per heavy atom.